The van der Waals surface area contributed by atoms with Gasteiger partial charge in [-0.25, -0.2) is 0 Å². The number of halogens is 3. The smallest absolute Gasteiger partial charge is 0.376 e. The molecule has 1 aromatic carbocycles. The number of aliphatic hydroxyl groups excluding tert-OH is 1. The van der Waals surface area contributed by atoms with Gasteiger partial charge in [0.05, 0.1) is 0 Å². The molecule has 2 rings (SSSR count). The first-order chi connectivity index (χ1) is 9.39. The number of benzene rings is 1. The molecule has 1 fully saturated rings. The van der Waals surface area contributed by atoms with E-state index in [1.54, 1.807) is 0 Å². The predicted molar refractivity (Wildman–Crippen MR) is 67.1 cm³/mol. The largest absolute Gasteiger partial charge is 0.423 e. The molecule has 3 nitrogen and oxygen atoms in total. The van der Waals surface area contributed by atoms with Gasteiger partial charge in [-0.2, -0.15) is 13.2 Å². The summed E-state index contributed by atoms with van der Waals surface area (Å²) in [6.45, 7) is 0.483. The Morgan fingerprint density at radius 1 is 1.20 bits per heavy atom. The molecule has 1 heterocycles. The third-order valence-corrected chi connectivity index (χ3v) is 3.62. The van der Waals surface area contributed by atoms with Crippen molar-refractivity contribution in [2.75, 3.05) is 13.1 Å². The van der Waals surface area contributed by atoms with Gasteiger partial charge in [0.1, 0.15) is 0 Å². The molecule has 0 saturated carbocycles. The summed E-state index contributed by atoms with van der Waals surface area (Å²) >= 11 is 0. The van der Waals surface area contributed by atoms with E-state index in [4.69, 9.17) is 5.11 Å². The van der Waals surface area contributed by atoms with Crippen molar-refractivity contribution < 1.29 is 23.1 Å². The van der Waals surface area contributed by atoms with Crippen LogP contribution in [0.25, 0.3) is 0 Å². The van der Waals surface area contributed by atoms with E-state index in [0.29, 0.717) is 12.8 Å². The molecule has 1 unspecified atom stereocenters. The number of carbonyl (C=O) groups is 1. The first-order valence-corrected chi connectivity index (χ1v) is 6.48. The Kier molecular flexibility index (Phi) is 4.32. The number of nitrogens with zero attached hydrogens (tertiary/aromatic N) is 1. The van der Waals surface area contributed by atoms with Gasteiger partial charge in [-0.1, -0.05) is 30.3 Å². The monoisotopic (exact) mass is 287 g/mol. The van der Waals surface area contributed by atoms with Crippen LogP contribution in [0.4, 0.5) is 13.2 Å². The molecule has 1 amide bonds. The predicted octanol–water partition coefficient (Wildman–Crippen LogP) is 2.32. The Balaban J connectivity index is 1.93. The fourth-order valence-electron chi connectivity index (χ4n) is 2.47. The Bertz CT molecular complexity index is 453. The summed E-state index contributed by atoms with van der Waals surface area (Å²) in [5, 5.41) is 8.97. The van der Waals surface area contributed by atoms with Gasteiger partial charge in [0, 0.05) is 13.1 Å². The summed E-state index contributed by atoms with van der Waals surface area (Å²) in [7, 11) is 0. The zero-order valence-corrected chi connectivity index (χ0v) is 10.8. The quantitative estimate of drug-likeness (QED) is 0.907. The molecular formula is C14H16F3NO2. The minimum absolute atomic E-state index is 0.242. The number of hydrogen-bond acceptors (Lipinski definition) is 2. The Labute approximate surface area is 115 Å². The topological polar surface area (TPSA) is 40.5 Å². The standard InChI is InChI=1S/C14H16F3NO2/c15-14(16,17)12(19)13(20)18-8-6-11(7-9-18)10-4-2-1-3-5-10/h1-5,11-12,19H,6-9H2. The van der Waals surface area contributed by atoms with E-state index in [2.05, 4.69) is 0 Å². The highest BCUT2D eigenvalue weighted by Gasteiger charge is 2.45. The maximum Gasteiger partial charge on any atom is 0.423 e. The summed E-state index contributed by atoms with van der Waals surface area (Å²) in [4.78, 5) is 12.6. The summed E-state index contributed by atoms with van der Waals surface area (Å²) in [5.74, 6) is -0.993. The Morgan fingerprint density at radius 2 is 1.75 bits per heavy atom. The molecular weight excluding hydrogens is 271 g/mol. The number of likely N-dealkylation sites (tertiary alicyclic amines) is 1. The van der Waals surface area contributed by atoms with Crippen molar-refractivity contribution in [1.82, 2.24) is 4.90 Å². The Hall–Kier alpha value is -1.56. The maximum atomic E-state index is 12.3. The average molecular weight is 287 g/mol. The lowest BCUT2D eigenvalue weighted by Gasteiger charge is -2.33. The lowest BCUT2D eigenvalue weighted by Crippen LogP contribution is -2.48. The minimum Gasteiger partial charge on any atom is -0.376 e. The zero-order valence-electron chi connectivity index (χ0n) is 10.8. The molecule has 20 heavy (non-hydrogen) atoms. The van der Waals surface area contributed by atoms with Gasteiger partial charge in [-0.3, -0.25) is 4.79 Å². The van der Waals surface area contributed by atoms with Gasteiger partial charge in [-0.05, 0) is 24.3 Å². The molecule has 1 aliphatic rings. The van der Waals surface area contributed by atoms with E-state index in [1.807, 2.05) is 30.3 Å². The van der Waals surface area contributed by atoms with Crippen molar-refractivity contribution in [1.29, 1.82) is 0 Å². The molecule has 1 atom stereocenters. The number of hydrogen-bond donors (Lipinski definition) is 1. The molecule has 0 aliphatic carbocycles. The SMILES string of the molecule is O=C(C(O)C(F)(F)F)N1CCC(c2ccccc2)CC1. The zero-order chi connectivity index (χ0) is 14.8. The molecule has 0 aromatic heterocycles. The molecule has 110 valence electrons. The van der Waals surface area contributed by atoms with Gasteiger partial charge < -0.3 is 10.0 Å². The van der Waals surface area contributed by atoms with Crippen LogP contribution in [0.3, 0.4) is 0 Å². The van der Waals surface area contributed by atoms with Crippen LogP contribution in [0.15, 0.2) is 30.3 Å². The summed E-state index contributed by atoms with van der Waals surface area (Å²) in [6, 6.07) is 9.70. The van der Waals surface area contributed by atoms with Crippen molar-refractivity contribution in [3.63, 3.8) is 0 Å². The third kappa shape index (κ3) is 3.30. The van der Waals surface area contributed by atoms with Gasteiger partial charge in [0.25, 0.3) is 5.91 Å². The van der Waals surface area contributed by atoms with Crippen molar-refractivity contribution in [3.8, 4) is 0 Å². The van der Waals surface area contributed by atoms with E-state index in [1.165, 1.54) is 0 Å². The van der Waals surface area contributed by atoms with Gasteiger partial charge in [0.2, 0.25) is 6.10 Å². The first kappa shape index (κ1) is 14.8. The lowest BCUT2D eigenvalue weighted by molar-refractivity contribution is -0.211. The average Bonchev–Trinajstić information content (AvgIpc) is 2.46. The highest BCUT2D eigenvalue weighted by atomic mass is 19.4. The van der Waals surface area contributed by atoms with Crippen LogP contribution in [-0.4, -0.2) is 41.3 Å². The fraction of sp³-hybridized carbons (Fsp3) is 0.500. The van der Waals surface area contributed by atoms with Crippen molar-refractivity contribution in [2.24, 2.45) is 0 Å². The van der Waals surface area contributed by atoms with Crippen molar-refractivity contribution >= 4 is 5.91 Å². The number of piperidine rings is 1. The molecule has 0 bridgehead atoms. The summed E-state index contributed by atoms with van der Waals surface area (Å²) in [5.41, 5.74) is 1.14. The lowest BCUT2D eigenvalue weighted by atomic mass is 9.89. The number of amides is 1. The van der Waals surface area contributed by atoms with Crippen LogP contribution in [-0.2, 0) is 4.79 Å². The van der Waals surface area contributed by atoms with E-state index in [9.17, 15) is 18.0 Å². The molecule has 1 aliphatic heterocycles. The number of aliphatic hydroxyl groups is 1. The van der Waals surface area contributed by atoms with E-state index in [-0.39, 0.29) is 19.0 Å². The second-order valence-corrected chi connectivity index (χ2v) is 4.95. The Morgan fingerprint density at radius 3 is 2.25 bits per heavy atom. The first-order valence-electron chi connectivity index (χ1n) is 6.48. The van der Waals surface area contributed by atoms with Gasteiger partial charge in [0.15, 0.2) is 0 Å². The molecule has 1 saturated heterocycles. The molecule has 6 heteroatoms. The number of alkyl halides is 3. The fourth-order valence-corrected chi connectivity index (χ4v) is 2.47. The van der Waals surface area contributed by atoms with Gasteiger partial charge in [-0.15, -0.1) is 0 Å². The van der Waals surface area contributed by atoms with Crippen LogP contribution in [0.1, 0.15) is 24.3 Å². The third-order valence-electron chi connectivity index (χ3n) is 3.62. The molecule has 1 aromatic rings. The van der Waals surface area contributed by atoms with Crippen LogP contribution >= 0.6 is 0 Å². The van der Waals surface area contributed by atoms with E-state index < -0.39 is 18.2 Å². The highest BCUT2D eigenvalue weighted by molar-refractivity contribution is 5.81. The normalized spacial score (nSPS) is 18.9. The summed E-state index contributed by atoms with van der Waals surface area (Å²) in [6.07, 6.45) is -6.58. The summed E-state index contributed by atoms with van der Waals surface area (Å²) < 4.78 is 36.9. The maximum absolute atomic E-state index is 12.3. The second kappa shape index (κ2) is 5.83. The van der Waals surface area contributed by atoms with Crippen LogP contribution < -0.4 is 0 Å². The number of carbonyl (C=O) groups excluding carboxylic acids is 1. The van der Waals surface area contributed by atoms with E-state index in [0.717, 1.165) is 10.5 Å². The van der Waals surface area contributed by atoms with Crippen molar-refractivity contribution in [2.45, 2.75) is 31.0 Å². The van der Waals surface area contributed by atoms with E-state index >= 15 is 0 Å². The van der Waals surface area contributed by atoms with Crippen LogP contribution in [0.2, 0.25) is 0 Å². The molecule has 1 N–H and O–H groups in total. The van der Waals surface area contributed by atoms with Crippen molar-refractivity contribution in [3.05, 3.63) is 35.9 Å². The molecule has 0 radical (unpaired) electrons. The van der Waals surface area contributed by atoms with Gasteiger partial charge >= 0.3 is 6.18 Å². The minimum atomic E-state index is -4.90. The highest BCUT2D eigenvalue weighted by Crippen LogP contribution is 2.29. The second-order valence-electron chi connectivity index (χ2n) is 4.95. The number of rotatable bonds is 2. The van der Waals surface area contributed by atoms with Crippen LogP contribution in [0.5, 0.6) is 0 Å². The van der Waals surface area contributed by atoms with Crippen LogP contribution in [0, 0.1) is 0 Å². The molecule has 0 spiro atoms.